The van der Waals surface area contributed by atoms with Gasteiger partial charge in [-0.1, -0.05) is 12.1 Å². The Morgan fingerprint density at radius 1 is 1.39 bits per heavy atom. The van der Waals surface area contributed by atoms with Crippen LogP contribution in [0.3, 0.4) is 0 Å². The number of nitrogens with one attached hydrogen (secondary N) is 2. The first-order valence-corrected chi connectivity index (χ1v) is 6.64. The number of benzene rings is 1. The number of hydrogen-bond donors (Lipinski definition) is 2. The van der Waals surface area contributed by atoms with Crippen molar-refractivity contribution >= 4 is 17.0 Å². The van der Waals surface area contributed by atoms with Crippen LogP contribution in [0.1, 0.15) is 19.8 Å². The molecule has 18 heavy (non-hydrogen) atoms. The second-order valence-corrected chi connectivity index (χ2v) is 5.30. The van der Waals surface area contributed by atoms with Crippen molar-refractivity contribution in [3.63, 3.8) is 0 Å². The Bertz CT molecular complexity index is 500. The van der Waals surface area contributed by atoms with Crippen molar-refractivity contribution in [3.05, 3.63) is 24.3 Å². The first-order valence-electron chi connectivity index (χ1n) is 6.64. The number of fused-ring (bicyclic) bond motifs is 1. The highest BCUT2D eigenvalue weighted by atomic mass is 15.2. The zero-order valence-electron chi connectivity index (χ0n) is 11.0. The lowest BCUT2D eigenvalue weighted by Crippen LogP contribution is -2.42. The molecular formula is C14H20N4. The molecule has 4 heteroatoms. The molecule has 2 N–H and O–H groups in total. The van der Waals surface area contributed by atoms with E-state index in [9.17, 15) is 0 Å². The molecule has 3 rings (SSSR count). The Hall–Kier alpha value is -1.55. The molecule has 0 amide bonds. The van der Waals surface area contributed by atoms with E-state index in [0.717, 1.165) is 23.5 Å². The Kier molecular flexibility index (Phi) is 2.96. The largest absolute Gasteiger partial charge is 0.353 e. The van der Waals surface area contributed by atoms with Crippen LogP contribution in [0.4, 0.5) is 5.95 Å². The third-order valence-electron chi connectivity index (χ3n) is 3.94. The van der Waals surface area contributed by atoms with E-state index in [1.54, 1.807) is 0 Å². The molecular weight excluding hydrogens is 224 g/mol. The van der Waals surface area contributed by atoms with Gasteiger partial charge < -0.3 is 15.2 Å². The van der Waals surface area contributed by atoms with Gasteiger partial charge in [0, 0.05) is 18.6 Å². The smallest absolute Gasteiger partial charge is 0.201 e. The maximum absolute atomic E-state index is 4.57. The minimum absolute atomic E-state index is 0.525. The summed E-state index contributed by atoms with van der Waals surface area (Å²) in [4.78, 5) is 10.3. The zero-order chi connectivity index (χ0) is 12.5. The number of anilines is 1. The Balaban J connectivity index is 1.72. The molecule has 1 fully saturated rings. The summed E-state index contributed by atoms with van der Waals surface area (Å²) in [7, 11) is 2.20. The summed E-state index contributed by atoms with van der Waals surface area (Å²) in [5.74, 6) is 0.901. The van der Waals surface area contributed by atoms with Gasteiger partial charge in [0.2, 0.25) is 5.95 Å². The molecule has 0 radical (unpaired) electrons. The normalized spacial score (nSPS) is 25.4. The van der Waals surface area contributed by atoms with E-state index >= 15 is 0 Å². The quantitative estimate of drug-likeness (QED) is 0.853. The molecule has 0 spiro atoms. The molecule has 4 nitrogen and oxygen atoms in total. The molecule has 1 saturated heterocycles. The maximum Gasteiger partial charge on any atom is 0.201 e. The van der Waals surface area contributed by atoms with Crippen molar-refractivity contribution < 1.29 is 0 Å². The molecule has 1 aliphatic rings. The summed E-state index contributed by atoms with van der Waals surface area (Å²) in [6.45, 7) is 3.44. The van der Waals surface area contributed by atoms with Crippen molar-refractivity contribution in [1.29, 1.82) is 0 Å². The number of H-pyrrole nitrogens is 1. The van der Waals surface area contributed by atoms with E-state index in [0.29, 0.717) is 12.1 Å². The number of para-hydroxylation sites is 2. The third-order valence-corrected chi connectivity index (χ3v) is 3.94. The third kappa shape index (κ3) is 2.20. The van der Waals surface area contributed by atoms with Crippen molar-refractivity contribution in [2.24, 2.45) is 0 Å². The number of hydrogen-bond acceptors (Lipinski definition) is 3. The molecule has 1 aromatic heterocycles. The monoisotopic (exact) mass is 244 g/mol. The number of piperidine rings is 1. The van der Waals surface area contributed by atoms with Crippen LogP contribution in [0.5, 0.6) is 0 Å². The SMILES string of the molecule is CC1CC(Nc2nc3ccccc3[nH]2)CCN1C. The molecule has 2 heterocycles. The van der Waals surface area contributed by atoms with Gasteiger partial charge in [-0.3, -0.25) is 0 Å². The predicted octanol–water partition coefficient (Wildman–Crippen LogP) is 2.46. The van der Waals surface area contributed by atoms with Gasteiger partial charge in [0.1, 0.15) is 0 Å². The van der Waals surface area contributed by atoms with Crippen LogP contribution in [-0.4, -0.2) is 40.5 Å². The second kappa shape index (κ2) is 4.61. The van der Waals surface area contributed by atoms with Gasteiger partial charge in [0.05, 0.1) is 11.0 Å². The number of rotatable bonds is 2. The van der Waals surface area contributed by atoms with E-state index in [1.165, 1.54) is 12.8 Å². The molecule has 2 atom stereocenters. The van der Waals surface area contributed by atoms with Crippen molar-refractivity contribution in [1.82, 2.24) is 14.9 Å². The van der Waals surface area contributed by atoms with E-state index in [2.05, 4.69) is 40.2 Å². The maximum atomic E-state index is 4.57. The Morgan fingerprint density at radius 3 is 3.00 bits per heavy atom. The number of likely N-dealkylation sites (tertiary alicyclic amines) is 1. The number of aromatic nitrogens is 2. The highest BCUT2D eigenvalue weighted by Crippen LogP contribution is 2.20. The van der Waals surface area contributed by atoms with Gasteiger partial charge in [0.15, 0.2) is 0 Å². The molecule has 0 bridgehead atoms. The van der Waals surface area contributed by atoms with Gasteiger partial charge in [-0.15, -0.1) is 0 Å². The van der Waals surface area contributed by atoms with Gasteiger partial charge in [-0.25, -0.2) is 4.98 Å². The molecule has 0 saturated carbocycles. The van der Waals surface area contributed by atoms with Crippen LogP contribution in [0.2, 0.25) is 0 Å². The van der Waals surface area contributed by atoms with Crippen LogP contribution in [0, 0.1) is 0 Å². The van der Waals surface area contributed by atoms with Gasteiger partial charge in [0.25, 0.3) is 0 Å². The van der Waals surface area contributed by atoms with Crippen LogP contribution < -0.4 is 5.32 Å². The molecule has 0 aliphatic carbocycles. The lowest BCUT2D eigenvalue weighted by molar-refractivity contribution is 0.190. The van der Waals surface area contributed by atoms with Gasteiger partial charge in [-0.05, 0) is 38.9 Å². The molecule has 1 aliphatic heterocycles. The summed E-state index contributed by atoms with van der Waals surface area (Å²) in [5, 5.41) is 3.53. The lowest BCUT2D eigenvalue weighted by atomic mass is 9.99. The number of nitrogens with zero attached hydrogens (tertiary/aromatic N) is 2. The van der Waals surface area contributed by atoms with E-state index < -0.39 is 0 Å². The molecule has 96 valence electrons. The van der Waals surface area contributed by atoms with Crippen LogP contribution >= 0.6 is 0 Å². The number of imidazole rings is 1. The average molecular weight is 244 g/mol. The highest BCUT2D eigenvalue weighted by molar-refractivity contribution is 5.77. The summed E-state index contributed by atoms with van der Waals surface area (Å²) in [6.07, 6.45) is 2.35. The van der Waals surface area contributed by atoms with Crippen molar-refractivity contribution in [2.45, 2.75) is 31.8 Å². The second-order valence-electron chi connectivity index (χ2n) is 5.30. The van der Waals surface area contributed by atoms with Crippen LogP contribution in [-0.2, 0) is 0 Å². The molecule has 2 aromatic rings. The van der Waals surface area contributed by atoms with Gasteiger partial charge in [-0.2, -0.15) is 0 Å². The zero-order valence-corrected chi connectivity index (χ0v) is 11.0. The standard InChI is InChI=1S/C14H20N4/c1-10-9-11(7-8-18(10)2)15-14-16-12-5-3-4-6-13(12)17-14/h3-6,10-11H,7-9H2,1-2H3,(H2,15,16,17). The summed E-state index contributed by atoms with van der Waals surface area (Å²) in [5.41, 5.74) is 2.13. The fourth-order valence-corrected chi connectivity index (χ4v) is 2.64. The first-order chi connectivity index (χ1) is 8.72. The minimum atomic E-state index is 0.525. The highest BCUT2D eigenvalue weighted by Gasteiger charge is 2.23. The Morgan fingerprint density at radius 2 is 2.22 bits per heavy atom. The topological polar surface area (TPSA) is 44.0 Å². The van der Waals surface area contributed by atoms with Crippen molar-refractivity contribution in [3.8, 4) is 0 Å². The summed E-state index contributed by atoms with van der Waals surface area (Å²) >= 11 is 0. The van der Waals surface area contributed by atoms with E-state index in [4.69, 9.17) is 0 Å². The Labute approximate surface area is 107 Å². The summed E-state index contributed by atoms with van der Waals surface area (Å²) in [6, 6.07) is 9.31. The average Bonchev–Trinajstić information content (AvgIpc) is 2.76. The lowest BCUT2D eigenvalue weighted by Gasteiger charge is -2.35. The molecule has 1 aromatic carbocycles. The van der Waals surface area contributed by atoms with E-state index in [-0.39, 0.29) is 0 Å². The van der Waals surface area contributed by atoms with Gasteiger partial charge >= 0.3 is 0 Å². The first kappa shape index (κ1) is 11.5. The molecule has 2 unspecified atom stereocenters. The fourth-order valence-electron chi connectivity index (χ4n) is 2.64. The van der Waals surface area contributed by atoms with Crippen molar-refractivity contribution in [2.75, 3.05) is 18.9 Å². The van der Waals surface area contributed by atoms with Crippen LogP contribution in [0.15, 0.2) is 24.3 Å². The number of aromatic amines is 1. The minimum Gasteiger partial charge on any atom is -0.353 e. The summed E-state index contributed by atoms with van der Waals surface area (Å²) < 4.78 is 0. The predicted molar refractivity (Wildman–Crippen MR) is 74.8 cm³/mol. The van der Waals surface area contributed by atoms with Crippen LogP contribution in [0.25, 0.3) is 11.0 Å². The van der Waals surface area contributed by atoms with E-state index in [1.807, 2.05) is 18.2 Å². The fraction of sp³-hybridized carbons (Fsp3) is 0.500.